The van der Waals surface area contributed by atoms with Gasteiger partial charge in [0.2, 0.25) is 5.91 Å². The third-order valence-electron chi connectivity index (χ3n) is 15.6. The molecule has 0 fully saturated rings. The molecule has 0 bridgehead atoms. The van der Waals surface area contributed by atoms with Gasteiger partial charge in [0, 0.05) is 12.8 Å². The summed E-state index contributed by atoms with van der Waals surface area (Å²) in [6, 6.07) is -0.639. The SMILES string of the molecule is CCCCC/C=C\C/C=C\CCCCCCCCCCCC(=O)OCCCCCCCC/C=C\CCCCCCCCCC(=O)NC(CO)C(O)/C=C/CCCCCCCCCCCCCCCCCCCCCCC. The zero-order valence-electron chi connectivity index (χ0n) is 51.0. The number of hydrogen-bond acceptors (Lipinski definition) is 5. The van der Waals surface area contributed by atoms with Crippen LogP contribution >= 0.6 is 0 Å². The predicted molar refractivity (Wildman–Crippen MR) is 333 cm³/mol. The van der Waals surface area contributed by atoms with Gasteiger partial charge in [-0.1, -0.05) is 306 Å². The van der Waals surface area contributed by atoms with E-state index in [1.165, 1.54) is 270 Å². The van der Waals surface area contributed by atoms with Crippen LogP contribution in [0.5, 0.6) is 0 Å². The lowest BCUT2D eigenvalue weighted by molar-refractivity contribution is -0.143. The van der Waals surface area contributed by atoms with Crippen LogP contribution in [0.1, 0.15) is 361 Å². The molecule has 6 nitrogen and oxygen atoms in total. The third-order valence-corrected chi connectivity index (χ3v) is 15.6. The summed E-state index contributed by atoms with van der Waals surface area (Å²) in [4.78, 5) is 24.6. The van der Waals surface area contributed by atoms with Crippen molar-refractivity contribution in [1.82, 2.24) is 5.32 Å². The van der Waals surface area contributed by atoms with E-state index in [0.29, 0.717) is 19.4 Å². The van der Waals surface area contributed by atoms with E-state index in [9.17, 15) is 19.8 Å². The molecule has 0 aliphatic heterocycles. The van der Waals surface area contributed by atoms with Gasteiger partial charge in [-0.25, -0.2) is 0 Å². The van der Waals surface area contributed by atoms with Crippen LogP contribution in [0.25, 0.3) is 0 Å². The van der Waals surface area contributed by atoms with Crippen LogP contribution in [0.3, 0.4) is 0 Å². The van der Waals surface area contributed by atoms with Crippen molar-refractivity contribution in [1.29, 1.82) is 0 Å². The molecule has 0 saturated heterocycles. The van der Waals surface area contributed by atoms with Crippen LogP contribution in [0, 0.1) is 0 Å². The number of aliphatic hydroxyl groups is 2. The maximum atomic E-state index is 12.5. The molecule has 2 unspecified atom stereocenters. The molecule has 6 heteroatoms. The van der Waals surface area contributed by atoms with Gasteiger partial charge in [-0.3, -0.25) is 9.59 Å². The normalized spacial score (nSPS) is 12.8. The smallest absolute Gasteiger partial charge is 0.305 e. The Kier molecular flexibility index (Phi) is 63.5. The van der Waals surface area contributed by atoms with Gasteiger partial charge in [-0.15, -0.1) is 0 Å². The lowest BCUT2D eigenvalue weighted by Crippen LogP contribution is -2.45. The number of hydrogen-bond donors (Lipinski definition) is 3. The molecule has 3 N–H and O–H groups in total. The fraction of sp³-hybridized carbons (Fsp3) is 0.857. The van der Waals surface area contributed by atoms with Gasteiger partial charge < -0.3 is 20.3 Å². The maximum Gasteiger partial charge on any atom is 0.305 e. The number of aliphatic hydroxyl groups excluding tert-OH is 2. The largest absolute Gasteiger partial charge is 0.466 e. The number of amides is 1. The zero-order valence-corrected chi connectivity index (χ0v) is 51.0. The number of allylic oxidation sites excluding steroid dienone is 7. The summed E-state index contributed by atoms with van der Waals surface area (Å²) in [6.45, 7) is 4.88. The van der Waals surface area contributed by atoms with Gasteiger partial charge in [-0.05, 0) is 89.9 Å². The first-order valence-corrected chi connectivity index (χ1v) is 33.9. The van der Waals surface area contributed by atoms with E-state index < -0.39 is 12.1 Å². The van der Waals surface area contributed by atoms with Crippen LogP contribution < -0.4 is 5.32 Å². The summed E-state index contributed by atoms with van der Waals surface area (Å²) < 4.78 is 5.49. The van der Waals surface area contributed by atoms with Crippen LogP contribution in [-0.4, -0.2) is 47.4 Å². The van der Waals surface area contributed by atoms with E-state index in [4.69, 9.17) is 4.74 Å². The maximum absolute atomic E-state index is 12.5. The Labute approximate surface area is 474 Å². The molecule has 1 amide bonds. The number of ether oxygens (including phenoxy) is 1. The third kappa shape index (κ3) is 61.0. The molecule has 0 spiro atoms. The Morgan fingerprint density at radius 1 is 0.368 bits per heavy atom. The number of esters is 1. The molecule has 0 radical (unpaired) electrons. The minimum atomic E-state index is -0.855. The van der Waals surface area contributed by atoms with Crippen molar-refractivity contribution in [3.8, 4) is 0 Å². The molecule has 0 heterocycles. The van der Waals surface area contributed by atoms with E-state index in [2.05, 4.69) is 55.6 Å². The average molecular weight is 1070 g/mol. The minimum Gasteiger partial charge on any atom is -0.466 e. The fourth-order valence-corrected chi connectivity index (χ4v) is 10.4. The lowest BCUT2D eigenvalue weighted by Gasteiger charge is -2.20. The highest BCUT2D eigenvalue weighted by atomic mass is 16.5. The Balaban J connectivity index is 3.47. The van der Waals surface area contributed by atoms with Gasteiger partial charge in [0.1, 0.15) is 0 Å². The van der Waals surface area contributed by atoms with Crippen molar-refractivity contribution < 1.29 is 24.5 Å². The topological polar surface area (TPSA) is 95.9 Å². The lowest BCUT2D eigenvalue weighted by atomic mass is 10.0. The van der Waals surface area contributed by atoms with E-state index >= 15 is 0 Å². The molecule has 0 aromatic heterocycles. The summed E-state index contributed by atoms with van der Waals surface area (Å²) in [5.74, 6) is -0.0835. The summed E-state index contributed by atoms with van der Waals surface area (Å²) in [5.41, 5.74) is 0. The highest BCUT2D eigenvalue weighted by Gasteiger charge is 2.18. The molecule has 76 heavy (non-hydrogen) atoms. The second kappa shape index (κ2) is 65.3. The first kappa shape index (κ1) is 73.8. The summed E-state index contributed by atoms with van der Waals surface area (Å²) in [6.07, 6.45) is 84.5. The molecule has 0 aliphatic rings. The number of carbonyl (C=O) groups excluding carboxylic acids is 2. The van der Waals surface area contributed by atoms with Gasteiger partial charge >= 0.3 is 5.97 Å². The quantitative estimate of drug-likeness (QED) is 0.0320. The molecule has 2 atom stereocenters. The van der Waals surface area contributed by atoms with E-state index in [1.54, 1.807) is 6.08 Å². The molecule has 446 valence electrons. The first-order chi connectivity index (χ1) is 37.5. The Bertz CT molecular complexity index is 1270. The predicted octanol–water partition coefficient (Wildman–Crippen LogP) is 21.7. The van der Waals surface area contributed by atoms with Gasteiger partial charge in [-0.2, -0.15) is 0 Å². The van der Waals surface area contributed by atoms with E-state index in [0.717, 1.165) is 64.2 Å². The summed E-state index contributed by atoms with van der Waals surface area (Å²) in [5, 5.41) is 23.2. The summed E-state index contributed by atoms with van der Waals surface area (Å²) >= 11 is 0. The second-order valence-corrected chi connectivity index (χ2v) is 23.1. The van der Waals surface area contributed by atoms with Gasteiger partial charge in [0.05, 0.1) is 25.4 Å². The Morgan fingerprint density at radius 3 is 1.04 bits per heavy atom. The standard InChI is InChI=1S/C70H131NO5/c1-3-5-7-9-11-13-15-17-19-21-23-24-25-26-28-30-34-38-42-46-50-54-58-62-68(73)67(66-72)71-69(74)63-59-55-51-47-43-39-35-31-29-33-37-41-45-49-53-57-61-65-76-70(75)64-60-56-52-48-44-40-36-32-27-22-20-18-16-14-12-10-8-6-4-2/h12,14,18,20,29,33,58,62,67-68,72-73H,3-11,13,15-17,19,21-28,30-32,34-57,59-61,63-66H2,1-2H3,(H,71,74)/b14-12-,20-18-,33-29-,62-58+. The molecular formula is C70H131NO5. The second-order valence-electron chi connectivity index (χ2n) is 23.1. The minimum absolute atomic E-state index is 0.00617. The Hall–Kier alpha value is -2.18. The van der Waals surface area contributed by atoms with Crippen molar-refractivity contribution >= 4 is 11.9 Å². The first-order valence-electron chi connectivity index (χ1n) is 33.9. The molecular weight excluding hydrogens is 935 g/mol. The number of rotatable bonds is 63. The Morgan fingerprint density at radius 2 is 0.658 bits per heavy atom. The van der Waals surface area contributed by atoms with Crippen molar-refractivity contribution in [2.24, 2.45) is 0 Å². The van der Waals surface area contributed by atoms with Crippen LogP contribution in [-0.2, 0) is 14.3 Å². The molecule has 0 saturated carbocycles. The zero-order chi connectivity index (χ0) is 55.0. The monoisotopic (exact) mass is 1070 g/mol. The summed E-state index contributed by atoms with van der Waals surface area (Å²) in [7, 11) is 0. The van der Waals surface area contributed by atoms with Gasteiger partial charge in [0.25, 0.3) is 0 Å². The van der Waals surface area contributed by atoms with Gasteiger partial charge in [0.15, 0.2) is 0 Å². The number of unbranched alkanes of at least 4 members (excludes halogenated alkanes) is 46. The molecule has 0 aromatic carbocycles. The van der Waals surface area contributed by atoms with Crippen LogP contribution in [0.15, 0.2) is 48.6 Å². The van der Waals surface area contributed by atoms with Crippen molar-refractivity contribution in [2.75, 3.05) is 13.2 Å². The van der Waals surface area contributed by atoms with Crippen LogP contribution in [0.2, 0.25) is 0 Å². The van der Waals surface area contributed by atoms with Crippen molar-refractivity contribution in [2.45, 2.75) is 373 Å². The number of carbonyl (C=O) groups is 2. The fourth-order valence-electron chi connectivity index (χ4n) is 10.4. The van der Waals surface area contributed by atoms with Crippen molar-refractivity contribution in [3.63, 3.8) is 0 Å². The molecule has 0 aromatic rings. The van der Waals surface area contributed by atoms with E-state index in [1.807, 2.05) is 6.08 Å². The van der Waals surface area contributed by atoms with Crippen molar-refractivity contribution in [3.05, 3.63) is 48.6 Å². The molecule has 0 aliphatic carbocycles. The average Bonchev–Trinajstić information content (AvgIpc) is 3.42. The number of nitrogens with one attached hydrogen (secondary N) is 1. The van der Waals surface area contributed by atoms with E-state index in [-0.39, 0.29) is 18.5 Å². The highest BCUT2D eigenvalue weighted by Crippen LogP contribution is 2.18. The molecule has 0 rings (SSSR count). The highest BCUT2D eigenvalue weighted by molar-refractivity contribution is 5.76. The van der Waals surface area contributed by atoms with Crippen LogP contribution in [0.4, 0.5) is 0 Å².